The Morgan fingerprint density at radius 1 is 1.30 bits per heavy atom. The molecule has 0 atom stereocenters. The van der Waals surface area contributed by atoms with Crippen molar-refractivity contribution in [3.8, 4) is 5.82 Å². The summed E-state index contributed by atoms with van der Waals surface area (Å²) in [4.78, 5) is 26.6. The van der Waals surface area contributed by atoms with Gasteiger partial charge < -0.3 is 14.7 Å². The zero-order valence-corrected chi connectivity index (χ0v) is 12.0. The Labute approximate surface area is 131 Å². The standard InChI is InChI=1S/C14H13N7O2/c22-14(18-11-1-4-23-19-11)10-6-21(7-10)13-5-12(16-8-17-13)20-3-2-15-9-20/h1-5,8-10H,6-7H2,(H,18,19,22). The van der Waals surface area contributed by atoms with Gasteiger partial charge in [0.25, 0.3) is 0 Å². The molecule has 116 valence electrons. The summed E-state index contributed by atoms with van der Waals surface area (Å²) >= 11 is 0. The van der Waals surface area contributed by atoms with Crippen LogP contribution >= 0.6 is 0 Å². The van der Waals surface area contributed by atoms with Gasteiger partial charge in [-0.25, -0.2) is 15.0 Å². The Morgan fingerprint density at radius 3 is 2.91 bits per heavy atom. The average Bonchev–Trinajstić information content (AvgIpc) is 3.19. The number of amides is 1. The number of carbonyl (C=O) groups is 1. The van der Waals surface area contributed by atoms with Crippen LogP contribution in [0.1, 0.15) is 0 Å². The minimum Gasteiger partial charge on any atom is -0.363 e. The van der Waals surface area contributed by atoms with E-state index in [1.807, 2.05) is 17.2 Å². The van der Waals surface area contributed by atoms with Crippen LogP contribution in [-0.2, 0) is 4.79 Å². The molecule has 9 nitrogen and oxygen atoms in total. The highest BCUT2D eigenvalue weighted by Crippen LogP contribution is 2.24. The molecule has 0 radical (unpaired) electrons. The summed E-state index contributed by atoms with van der Waals surface area (Å²) in [5, 5.41) is 6.38. The molecule has 0 spiro atoms. The van der Waals surface area contributed by atoms with Gasteiger partial charge in [0.2, 0.25) is 5.91 Å². The lowest BCUT2D eigenvalue weighted by molar-refractivity contribution is -0.120. The minimum atomic E-state index is -0.0987. The lowest BCUT2D eigenvalue weighted by Gasteiger charge is -2.38. The van der Waals surface area contributed by atoms with Crippen LogP contribution in [-0.4, -0.2) is 43.7 Å². The number of imidazole rings is 1. The molecule has 23 heavy (non-hydrogen) atoms. The van der Waals surface area contributed by atoms with Crippen molar-refractivity contribution in [2.45, 2.75) is 0 Å². The predicted molar refractivity (Wildman–Crippen MR) is 80.0 cm³/mol. The molecule has 9 heteroatoms. The van der Waals surface area contributed by atoms with Gasteiger partial charge >= 0.3 is 0 Å². The second-order valence-electron chi connectivity index (χ2n) is 5.18. The van der Waals surface area contributed by atoms with Crippen molar-refractivity contribution in [2.24, 2.45) is 5.92 Å². The van der Waals surface area contributed by atoms with Crippen molar-refractivity contribution in [3.63, 3.8) is 0 Å². The van der Waals surface area contributed by atoms with Crippen molar-refractivity contribution in [1.29, 1.82) is 0 Å². The number of anilines is 2. The number of rotatable bonds is 4. The van der Waals surface area contributed by atoms with Gasteiger partial charge in [-0.2, -0.15) is 0 Å². The van der Waals surface area contributed by atoms with E-state index in [1.54, 1.807) is 23.2 Å². The third-order valence-electron chi connectivity index (χ3n) is 3.67. The highest BCUT2D eigenvalue weighted by Gasteiger charge is 2.34. The molecule has 3 aromatic rings. The molecule has 1 amide bonds. The van der Waals surface area contributed by atoms with Crippen LogP contribution in [0.25, 0.3) is 5.82 Å². The van der Waals surface area contributed by atoms with Crippen molar-refractivity contribution in [1.82, 2.24) is 24.7 Å². The normalized spacial score (nSPS) is 14.5. The number of aromatic nitrogens is 5. The predicted octanol–water partition coefficient (Wildman–Crippen LogP) is 0.725. The van der Waals surface area contributed by atoms with Crippen LogP contribution in [0, 0.1) is 5.92 Å². The van der Waals surface area contributed by atoms with Gasteiger partial charge in [0.15, 0.2) is 5.82 Å². The Balaban J connectivity index is 1.40. The van der Waals surface area contributed by atoms with Gasteiger partial charge in [-0.1, -0.05) is 5.16 Å². The first-order valence-electron chi connectivity index (χ1n) is 7.06. The second kappa shape index (κ2) is 5.52. The fraction of sp³-hybridized carbons (Fsp3) is 0.214. The van der Waals surface area contributed by atoms with E-state index in [0.717, 1.165) is 11.6 Å². The van der Waals surface area contributed by atoms with Crippen LogP contribution in [0.5, 0.6) is 0 Å². The maximum atomic E-state index is 12.1. The second-order valence-corrected chi connectivity index (χ2v) is 5.18. The maximum absolute atomic E-state index is 12.1. The molecule has 1 N–H and O–H groups in total. The number of nitrogens with one attached hydrogen (secondary N) is 1. The zero-order chi connectivity index (χ0) is 15.6. The third kappa shape index (κ3) is 2.63. The molecule has 3 aromatic heterocycles. The van der Waals surface area contributed by atoms with E-state index < -0.39 is 0 Å². The van der Waals surface area contributed by atoms with Gasteiger partial charge in [-0.05, 0) is 0 Å². The quantitative estimate of drug-likeness (QED) is 0.757. The molecule has 1 saturated heterocycles. The molecule has 4 rings (SSSR count). The highest BCUT2D eigenvalue weighted by atomic mass is 16.5. The first kappa shape index (κ1) is 13.4. The van der Waals surface area contributed by atoms with Crippen LogP contribution in [0.3, 0.4) is 0 Å². The van der Waals surface area contributed by atoms with Crippen molar-refractivity contribution < 1.29 is 9.32 Å². The van der Waals surface area contributed by atoms with Crippen LogP contribution < -0.4 is 10.2 Å². The first-order valence-corrected chi connectivity index (χ1v) is 7.06. The van der Waals surface area contributed by atoms with Gasteiger partial charge in [0.05, 0.1) is 5.92 Å². The van der Waals surface area contributed by atoms with Crippen molar-refractivity contribution in [3.05, 3.63) is 43.4 Å². The Bertz CT molecular complexity index is 794. The van der Waals surface area contributed by atoms with Crippen LogP contribution in [0.4, 0.5) is 11.6 Å². The van der Waals surface area contributed by atoms with Crippen molar-refractivity contribution >= 4 is 17.5 Å². The molecule has 0 unspecified atom stereocenters. The van der Waals surface area contributed by atoms with Crippen molar-refractivity contribution in [2.75, 3.05) is 23.3 Å². The molecule has 0 aliphatic carbocycles. The maximum Gasteiger partial charge on any atom is 0.232 e. The van der Waals surface area contributed by atoms with E-state index in [9.17, 15) is 4.79 Å². The van der Waals surface area contributed by atoms with E-state index in [0.29, 0.717) is 18.9 Å². The molecule has 0 aromatic carbocycles. The molecule has 0 saturated carbocycles. The fourth-order valence-corrected chi connectivity index (χ4v) is 2.38. The summed E-state index contributed by atoms with van der Waals surface area (Å²) in [6, 6.07) is 3.48. The summed E-state index contributed by atoms with van der Waals surface area (Å²) in [5.41, 5.74) is 0. The lowest BCUT2D eigenvalue weighted by Crippen LogP contribution is -2.52. The molecular formula is C14H13N7O2. The minimum absolute atomic E-state index is 0.0703. The van der Waals surface area contributed by atoms with E-state index in [4.69, 9.17) is 0 Å². The van der Waals surface area contributed by atoms with E-state index in [1.165, 1.54) is 12.6 Å². The Morgan fingerprint density at radius 2 is 2.17 bits per heavy atom. The van der Waals surface area contributed by atoms with E-state index >= 15 is 0 Å². The summed E-state index contributed by atoms with van der Waals surface area (Å²) in [6.07, 6.45) is 8.11. The van der Waals surface area contributed by atoms with Gasteiger partial charge in [-0.3, -0.25) is 9.36 Å². The highest BCUT2D eigenvalue weighted by molar-refractivity contribution is 5.93. The average molecular weight is 311 g/mol. The molecule has 1 aliphatic rings. The Kier molecular flexibility index (Phi) is 3.22. The molecule has 4 heterocycles. The SMILES string of the molecule is O=C(Nc1ccon1)C1CN(c2cc(-n3ccnc3)ncn2)C1. The molecule has 1 aliphatic heterocycles. The summed E-state index contributed by atoms with van der Waals surface area (Å²) in [7, 11) is 0. The fourth-order valence-electron chi connectivity index (χ4n) is 2.38. The first-order chi connectivity index (χ1) is 11.3. The summed E-state index contributed by atoms with van der Waals surface area (Å²) in [5.74, 6) is 1.78. The number of hydrogen-bond acceptors (Lipinski definition) is 7. The largest absolute Gasteiger partial charge is 0.363 e. The van der Waals surface area contributed by atoms with E-state index in [2.05, 4.69) is 29.9 Å². The zero-order valence-electron chi connectivity index (χ0n) is 12.0. The molecular weight excluding hydrogens is 298 g/mol. The van der Waals surface area contributed by atoms with Gasteiger partial charge in [0, 0.05) is 37.6 Å². The molecule has 0 bridgehead atoms. The van der Waals surface area contributed by atoms with Crippen LogP contribution in [0.2, 0.25) is 0 Å². The smallest absolute Gasteiger partial charge is 0.232 e. The number of hydrogen-bond donors (Lipinski definition) is 1. The lowest BCUT2D eigenvalue weighted by atomic mass is 9.99. The summed E-state index contributed by atoms with van der Waals surface area (Å²) in [6.45, 7) is 1.20. The monoisotopic (exact) mass is 311 g/mol. The topological polar surface area (TPSA) is 102 Å². The van der Waals surface area contributed by atoms with Crippen LogP contribution in [0.15, 0.2) is 48.0 Å². The number of carbonyl (C=O) groups excluding carboxylic acids is 1. The Hall–Kier alpha value is -3.23. The number of nitrogens with zero attached hydrogens (tertiary/aromatic N) is 6. The van der Waals surface area contributed by atoms with E-state index in [-0.39, 0.29) is 11.8 Å². The van der Waals surface area contributed by atoms with Gasteiger partial charge in [0.1, 0.15) is 30.6 Å². The molecule has 1 fully saturated rings. The third-order valence-corrected chi connectivity index (χ3v) is 3.67. The van der Waals surface area contributed by atoms with Gasteiger partial charge in [-0.15, -0.1) is 0 Å². The summed E-state index contributed by atoms with van der Waals surface area (Å²) < 4.78 is 6.49.